The molecule has 0 fully saturated rings. The summed E-state index contributed by atoms with van der Waals surface area (Å²) in [6.45, 7) is 2.04. The van der Waals surface area contributed by atoms with Crippen molar-refractivity contribution in [1.29, 1.82) is 0 Å². The standard InChI is InChI=1S/C18H21BrN2O2/c1-13-3-5-14(6-4-13)18(23,12-21(2)17(22)11-20)15-7-9-16(19)10-8-15/h3-10,23H,11-12,20H2,1-2H3. The van der Waals surface area contributed by atoms with E-state index in [1.165, 1.54) is 4.90 Å². The molecule has 0 aliphatic carbocycles. The third kappa shape index (κ3) is 3.99. The van der Waals surface area contributed by atoms with Crippen molar-refractivity contribution in [2.24, 2.45) is 5.73 Å². The molecule has 2 aromatic rings. The predicted molar refractivity (Wildman–Crippen MR) is 95.0 cm³/mol. The van der Waals surface area contributed by atoms with E-state index in [0.717, 1.165) is 21.2 Å². The van der Waals surface area contributed by atoms with Gasteiger partial charge in [0.15, 0.2) is 0 Å². The number of benzene rings is 2. The fourth-order valence-corrected chi connectivity index (χ4v) is 2.76. The summed E-state index contributed by atoms with van der Waals surface area (Å²) in [7, 11) is 1.65. The van der Waals surface area contributed by atoms with E-state index in [2.05, 4.69) is 15.9 Å². The lowest BCUT2D eigenvalue weighted by Gasteiger charge is -2.33. The Labute approximate surface area is 145 Å². The molecule has 3 N–H and O–H groups in total. The first-order valence-corrected chi connectivity index (χ1v) is 8.15. The number of carbonyl (C=O) groups excluding carboxylic acids is 1. The van der Waals surface area contributed by atoms with Gasteiger partial charge < -0.3 is 15.7 Å². The number of hydrogen-bond donors (Lipinski definition) is 2. The van der Waals surface area contributed by atoms with Crippen LogP contribution in [0.3, 0.4) is 0 Å². The number of halogens is 1. The van der Waals surface area contributed by atoms with Crippen LogP contribution in [-0.4, -0.2) is 36.1 Å². The summed E-state index contributed by atoms with van der Waals surface area (Å²) in [4.78, 5) is 13.3. The summed E-state index contributed by atoms with van der Waals surface area (Å²) in [6, 6.07) is 15.1. The molecule has 4 nitrogen and oxygen atoms in total. The Morgan fingerprint density at radius 3 is 2.09 bits per heavy atom. The molecule has 0 aromatic heterocycles. The molecule has 1 unspecified atom stereocenters. The number of likely N-dealkylation sites (N-methyl/N-ethyl adjacent to an activating group) is 1. The first-order valence-electron chi connectivity index (χ1n) is 7.36. The van der Waals surface area contributed by atoms with Crippen LogP contribution in [0.2, 0.25) is 0 Å². The van der Waals surface area contributed by atoms with E-state index in [-0.39, 0.29) is 19.0 Å². The van der Waals surface area contributed by atoms with E-state index >= 15 is 0 Å². The number of hydrogen-bond acceptors (Lipinski definition) is 3. The molecule has 2 rings (SSSR count). The number of aryl methyl sites for hydroxylation is 1. The first kappa shape index (κ1) is 17.7. The Kier molecular flexibility index (Phi) is 5.57. The van der Waals surface area contributed by atoms with E-state index < -0.39 is 5.60 Å². The highest BCUT2D eigenvalue weighted by Crippen LogP contribution is 2.31. The Morgan fingerprint density at radius 1 is 1.13 bits per heavy atom. The second-order valence-electron chi connectivity index (χ2n) is 5.69. The molecule has 0 aliphatic heterocycles. The van der Waals surface area contributed by atoms with Crippen LogP contribution in [0.1, 0.15) is 16.7 Å². The minimum atomic E-state index is -1.30. The molecule has 0 heterocycles. The number of rotatable bonds is 5. The van der Waals surface area contributed by atoms with Crippen LogP contribution < -0.4 is 5.73 Å². The molecule has 0 radical (unpaired) electrons. The second-order valence-corrected chi connectivity index (χ2v) is 6.60. The van der Waals surface area contributed by atoms with Crippen molar-refractivity contribution in [1.82, 2.24) is 4.90 Å². The van der Waals surface area contributed by atoms with Crippen molar-refractivity contribution in [2.45, 2.75) is 12.5 Å². The van der Waals surface area contributed by atoms with Crippen LogP contribution in [0.25, 0.3) is 0 Å². The van der Waals surface area contributed by atoms with E-state index in [4.69, 9.17) is 5.73 Å². The highest BCUT2D eigenvalue weighted by atomic mass is 79.9. The van der Waals surface area contributed by atoms with Gasteiger partial charge in [-0.3, -0.25) is 4.79 Å². The van der Waals surface area contributed by atoms with E-state index in [1.54, 1.807) is 7.05 Å². The molecule has 0 bridgehead atoms. The molecule has 0 saturated heterocycles. The van der Waals surface area contributed by atoms with Crippen molar-refractivity contribution in [3.8, 4) is 0 Å². The van der Waals surface area contributed by atoms with Gasteiger partial charge in [0.2, 0.25) is 5.91 Å². The van der Waals surface area contributed by atoms with Crippen LogP contribution in [-0.2, 0) is 10.4 Å². The zero-order valence-electron chi connectivity index (χ0n) is 13.3. The highest BCUT2D eigenvalue weighted by Gasteiger charge is 2.34. The van der Waals surface area contributed by atoms with Gasteiger partial charge >= 0.3 is 0 Å². The summed E-state index contributed by atoms with van der Waals surface area (Å²) in [5, 5.41) is 11.4. The van der Waals surface area contributed by atoms with Gasteiger partial charge in [-0.1, -0.05) is 57.9 Å². The quantitative estimate of drug-likeness (QED) is 0.841. The van der Waals surface area contributed by atoms with Gasteiger partial charge in [-0.05, 0) is 30.2 Å². The molecule has 1 amide bonds. The summed E-state index contributed by atoms with van der Waals surface area (Å²) in [5.41, 5.74) is 6.70. The zero-order valence-corrected chi connectivity index (χ0v) is 14.9. The Bertz CT molecular complexity index is 623. The number of aliphatic hydroxyl groups is 1. The van der Waals surface area contributed by atoms with E-state index in [0.29, 0.717) is 0 Å². The summed E-state index contributed by atoms with van der Waals surface area (Å²) < 4.78 is 0.930. The maximum absolute atomic E-state index is 11.8. The van der Waals surface area contributed by atoms with Gasteiger partial charge in [0, 0.05) is 11.5 Å². The zero-order chi connectivity index (χ0) is 17.0. The van der Waals surface area contributed by atoms with Crippen LogP contribution >= 0.6 is 15.9 Å². The van der Waals surface area contributed by atoms with Crippen molar-refractivity contribution in [3.05, 3.63) is 69.7 Å². The molecular weight excluding hydrogens is 356 g/mol. The number of nitrogens with zero attached hydrogens (tertiary/aromatic N) is 1. The largest absolute Gasteiger partial charge is 0.379 e. The summed E-state index contributed by atoms with van der Waals surface area (Å²) in [5.74, 6) is -0.215. The van der Waals surface area contributed by atoms with Gasteiger partial charge in [-0.2, -0.15) is 0 Å². The van der Waals surface area contributed by atoms with E-state index in [9.17, 15) is 9.90 Å². The second kappa shape index (κ2) is 7.25. The predicted octanol–water partition coefficient (Wildman–Crippen LogP) is 2.41. The van der Waals surface area contributed by atoms with Crippen LogP contribution in [0.15, 0.2) is 53.0 Å². The number of carbonyl (C=O) groups is 1. The van der Waals surface area contributed by atoms with Gasteiger partial charge in [0.25, 0.3) is 0 Å². The minimum Gasteiger partial charge on any atom is -0.379 e. The number of nitrogens with two attached hydrogens (primary N) is 1. The Hall–Kier alpha value is -1.69. The number of amides is 1. The van der Waals surface area contributed by atoms with Crippen molar-refractivity contribution in [2.75, 3.05) is 20.1 Å². The third-order valence-electron chi connectivity index (χ3n) is 3.92. The molecule has 0 spiro atoms. The highest BCUT2D eigenvalue weighted by molar-refractivity contribution is 9.10. The van der Waals surface area contributed by atoms with Gasteiger partial charge in [-0.25, -0.2) is 0 Å². The first-order chi connectivity index (χ1) is 10.9. The van der Waals surface area contributed by atoms with Crippen molar-refractivity contribution in [3.63, 3.8) is 0 Å². The smallest absolute Gasteiger partial charge is 0.236 e. The normalized spacial score (nSPS) is 13.4. The van der Waals surface area contributed by atoms with Crippen molar-refractivity contribution < 1.29 is 9.90 Å². The SMILES string of the molecule is Cc1ccc(C(O)(CN(C)C(=O)CN)c2ccc(Br)cc2)cc1. The average molecular weight is 377 g/mol. The monoisotopic (exact) mass is 376 g/mol. The van der Waals surface area contributed by atoms with Crippen molar-refractivity contribution >= 4 is 21.8 Å². The molecule has 23 heavy (non-hydrogen) atoms. The molecule has 122 valence electrons. The maximum atomic E-state index is 11.8. The maximum Gasteiger partial charge on any atom is 0.236 e. The Balaban J connectivity index is 2.47. The van der Waals surface area contributed by atoms with Gasteiger partial charge in [0.1, 0.15) is 5.60 Å². The summed E-state index contributed by atoms with van der Waals surface area (Å²) >= 11 is 3.40. The minimum absolute atomic E-state index is 0.0825. The van der Waals surface area contributed by atoms with Crippen LogP contribution in [0, 0.1) is 6.92 Å². The fourth-order valence-electron chi connectivity index (χ4n) is 2.49. The molecule has 0 aliphatic rings. The molecule has 2 aromatic carbocycles. The lowest BCUT2D eigenvalue weighted by molar-refractivity contribution is -0.131. The summed E-state index contributed by atoms with van der Waals surface area (Å²) in [6.07, 6.45) is 0. The Morgan fingerprint density at radius 2 is 1.61 bits per heavy atom. The molecule has 0 saturated carbocycles. The molecule has 1 atom stereocenters. The molecule has 5 heteroatoms. The average Bonchev–Trinajstić information content (AvgIpc) is 2.55. The van der Waals surface area contributed by atoms with Gasteiger partial charge in [0.05, 0.1) is 13.1 Å². The van der Waals surface area contributed by atoms with E-state index in [1.807, 2.05) is 55.5 Å². The van der Waals surface area contributed by atoms with Gasteiger partial charge in [-0.15, -0.1) is 0 Å². The van der Waals surface area contributed by atoms with Crippen LogP contribution in [0.4, 0.5) is 0 Å². The topological polar surface area (TPSA) is 66.6 Å². The fraction of sp³-hybridized carbons (Fsp3) is 0.278. The third-order valence-corrected chi connectivity index (χ3v) is 4.45. The van der Waals surface area contributed by atoms with Crippen LogP contribution in [0.5, 0.6) is 0 Å². The lowest BCUT2D eigenvalue weighted by atomic mass is 9.85. The lowest BCUT2D eigenvalue weighted by Crippen LogP contribution is -2.44. The molecular formula is C18H21BrN2O2.